The predicted molar refractivity (Wildman–Crippen MR) is 85.3 cm³/mol. The number of hydrogen-bond donors (Lipinski definition) is 1. The van der Waals surface area contributed by atoms with Crippen LogP contribution in [0.5, 0.6) is 0 Å². The highest BCUT2D eigenvalue weighted by Crippen LogP contribution is 2.20. The highest BCUT2D eigenvalue weighted by molar-refractivity contribution is 5.93. The molecule has 1 aliphatic rings. The maximum absolute atomic E-state index is 12.5. The lowest BCUT2D eigenvalue weighted by molar-refractivity contribution is -0.922. The third-order valence-electron chi connectivity index (χ3n) is 4.16. The molecule has 1 heterocycles. The van der Waals surface area contributed by atoms with E-state index in [1.54, 1.807) is 0 Å². The molecular weight excluding hydrogens is 264 g/mol. The Hall–Kier alpha value is -1.65. The maximum atomic E-state index is 12.5. The maximum Gasteiger partial charge on any atom is 0.279 e. The molecule has 4 nitrogen and oxygen atoms in total. The Morgan fingerprint density at radius 1 is 1.33 bits per heavy atom. The molecule has 1 N–H and O–H groups in total. The summed E-state index contributed by atoms with van der Waals surface area (Å²) in [4.78, 5) is 12.5. The van der Waals surface area contributed by atoms with E-state index in [9.17, 15) is 4.79 Å². The zero-order valence-corrected chi connectivity index (χ0v) is 13.0. The van der Waals surface area contributed by atoms with Crippen LogP contribution in [0.25, 0.3) is 0 Å². The molecule has 0 unspecified atom stereocenters. The van der Waals surface area contributed by atoms with Crippen molar-refractivity contribution in [3.8, 4) is 0 Å². The number of hydrogen-bond acceptors (Lipinski definition) is 2. The topological polar surface area (TPSA) is 38.3 Å². The van der Waals surface area contributed by atoms with Crippen LogP contribution in [0.3, 0.4) is 0 Å². The molecule has 1 amide bonds. The van der Waals surface area contributed by atoms with Crippen molar-refractivity contribution in [3.63, 3.8) is 0 Å². The number of para-hydroxylation sites is 1. The summed E-state index contributed by atoms with van der Waals surface area (Å²) in [5.74, 6) is 0.0659. The van der Waals surface area contributed by atoms with Gasteiger partial charge >= 0.3 is 0 Å². The Morgan fingerprint density at radius 2 is 1.95 bits per heavy atom. The minimum atomic E-state index is 0.0659. The third-order valence-corrected chi connectivity index (χ3v) is 4.16. The summed E-state index contributed by atoms with van der Waals surface area (Å²) in [6, 6.07) is 6.05. The fraction of sp³-hybridized carbons (Fsp3) is 0.471. The molecule has 0 atom stereocenters. The second kappa shape index (κ2) is 6.87. The van der Waals surface area contributed by atoms with Crippen molar-refractivity contribution in [2.45, 2.75) is 13.8 Å². The predicted octanol–water partition coefficient (Wildman–Crippen LogP) is 2.27. The van der Waals surface area contributed by atoms with Crippen LogP contribution in [0.2, 0.25) is 0 Å². The van der Waals surface area contributed by atoms with Gasteiger partial charge in [0.1, 0.15) is 13.1 Å². The minimum absolute atomic E-state index is 0.0659. The van der Waals surface area contributed by atoms with E-state index < -0.39 is 0 Å². The van der Waals surface area contributed by atoms with Gasteiger partial charge in [-0.25, -0.2) is 0 Å². The Morgan fingerprint density at radius 3 is 2.52 bits per heavy atom. The van der Waals surface area contributed by atoms with Crippen LogP contribution in [0.1, 0.15) is 11.1 Å². The molecule has 21 heavy (non-hydrogen) atoms. The van der Waals surface area contributed by atoms with E-state index in [1.165, 1.54) is 0 Å². The molecule has 0 bridgehead atoms. The summed E-state index contributed by atoms with van der Waals surface area (Å²) in [7, 11) is 0. The average Bonchev–Trinajstić information content (AvgIpc) is 2.44. The molecule has 0 aromatic heterocycles. The molecule has 0 radical (unpaired) electrons. The van der Waals surface area contributed by atoms with Crippen LogP contribution < -0.4 is 5.32 Å². The van der Waals surface area contributed by atoms with Crippen molar-refractivity contribution in [2.75, 3.05) is 44.7 Å². The summed E-state index contributed by atoms with van der Waals surface area (Å²) in [6.45, 7) is 12.3. The lowest BCUT2D eigenvalue weighted by Gasteiger charge is -2.39. The molecular formula is C17H25N2O2+. The van der Waals surface area contributed by atoms with Crippen LogP contribution in [0.4, 0.5) is 5.69 Å². The van der Waals surface area contributed by atoms with Gasteiger partial charge in [-0.2, -0.15) is 0 Å². The molecule has 1 saturated heterocycles. The molecule has 0 aliphatic carbocycles. The molecule has 0 spiro atoms. The highest BCUT2D eigenvalue weighted by atomic mass is 16.5. The first-order valence-corrected chi connectivity index (χ1v) is 7.46. The summed E-state index contributed by atoms with van der Waals surface area (Å²) in [6.07, 6.45) is 1.90. The number of nitrogens with zero attached hydrogens (tertiary/aromatic N) is 1. The van der Waals surface area contributed by atoms with E-state index in [2.05, 4.69) is 11.9 Å². The first kappa shape index (κ1) is 15.7. The van der Waals surface area contributed by atoms with Crippen molar-refractivity contribution >= 4 is 11.6 Å². The van der Waals surface area contributed by atoms with Crippen LogP contribution in [-0.2, 0) is 9.53 Å². The fourth-order valence-electron chi connectivity index (χ4n) is 2.90. The number of anilines is 1. The van der Waals surface area contributed by atoms with Crippen molar-refractivity contribution in [3.05, 3.63) is 42.0 Å². The smallest absolute Gasteiger partial charge is 0.279 e. The van der Waals surface area contributed by atoms with Gasteiger partial charge in [0.15, 0.2) is 6.54 Å². The number of carbonyl (C=O) groups is 1. The number of benzene rings is 1. The summed E-state index contributed by atoms with van der Waals surface area (Å²) < 4.78 is 6.16. The lowest BCUT2D eigenvalue weighted by Crippen LogP contribution is -2.58. The van der Waals surface area contributed by atoms with Gasteiger partial charge in [-0.1, -0.05) is 24.8 Å². The second-order valence-corrected chi connectivity index (χ2v) is 5.85. The molecule has 1 aromatic rings. The van der Waals surface area contributed by atoms with E-state index in [0.29, 0.717) is 19.8 Å². The van der Waals surface area contributed by atoms with Crippen molar-refractivity contribution in [1.29, 1.82) is 0 Å². The number of quaternary nitrogens is 1. The van der Waals surface area contributed by atoms with E-state index >= 15 is 0 Å². The van der Waals surface area contributed by atoms with Crippen LogP contribution in [0.15, 0.2) is 30.9 Å². The summed E-state index contributed by atoms with van der Waals surface area (Å²) in [5, 5.41) is 3.08. The molecule has 0 saturated carbocycles. The van der Waals surface area contributed by atoms with Crippen molar-refractivity contribution < 1.29 is 14.0 Å². The van der Waals surface area contributed by atoms with Gasteiger partial charge in [0.25, 0.3) is 5.91 Å². The second-order valence-electron chi connectivity index (χ2n) is 5.85. The number of aryl methyl sites for hydroxylation is 2. The molecule has 1 aromatic carbocycles. The molecule has 4 heteroatoms. The van der Waals surface area contributed by atoms with Gasteiger partial charge < -0.3 is 14.5 Å². The van der Waals surface area contributed by atoms with Crippen LogP contribution in [0, 0.1) is 13.8 Å². The van der Waals surface area contributed by atoms with Gasteiger partial charge in [0.2, 0.25) is 0 Å². The zero-order chi connectivity index (χ0) is 15.3. The number of amides is 1. The standard InChI is InChI=1S/C17H24N2O2/c1-4-8-19(9-11-21-12-10-19)13-16(20)18-17-14(2)6-5-7-15(17)3/h4-7H,1,8-13H2,2-3H3/p+1. The highest BCUT2D eigenvalue weighted by Gasteiger charge is 2.32. The first-order valence-electron chi connectivity index (χ1n) is 7.46. The Kier molecular flexibility index (Phi) is 5.15. The monoisotopic (exact) mass is 289 g/mol. The van der Waals surface area contributed by atoms with Crippen molar-refractivity contribution in [2.24, 2.45) is 0 Å². The molecule has 1 fully saturated rings. The van der Waals surface area contributed by atoms with Gasteiger partial charge in [0.05, 0.1) is 19.8 Å². The van der Waals surface area contributed by atoms with Crippen LogP contribution in [-0.4, -0.2) is 49.8 Å². The fourth-order valence-corrected chi connectivity index (χ4v) is 2.90. The Balaban J connectivity index is 2.07. The quantitative estimate of drug-likeness (QED) is 0.667. The van der Waals surface area contributed by atoms with Gasteiger partial charge in [-0.3, -0.25) is 4.79 Å². The lowest BCUT2D eigenvalue weighted by atomic mass is 10.1. The molecule has 114 valence electrons. The third kappa shape index (κ3) is 3.93. The van der Waals surface area contributed by atoms with E-state index in [0.717, 1.165) is 40.9 Å². The number of nitrogens with one attached hydrogen (secondary N) is 1. The minimum Gasteiger partial charge on any atom is -0.370 e. The Bertz CT molecular complexity index is 499. The van der Waals surface area contributed by atoms with E-state index in [-0.39, 0.29) is 5.91 Å². The van der Waals surface area contributed by atoms with E-state index in [4.69, 9.17) is 4.74 Å². The summed E-state index contributed by atoms with van der Waals surface area (Å²) >= 11 is 0. The average molecular weight is 289 g/mol. The number of rotatable bonds is 5. The zero-order valence-electron chi connectivity index (χ0n) is 13.0. The molecule has 2 rings (SSSR count). The van der Waals surface area contributed by atoms with E-state index in [1.807, 2.05) is 38.1 Å². The SMILES string of the molecule is C=CC[N+]1(CC(=O)Nc2c(C)cccc2C)CCOCC1. The van der Waals surface area contributed by atoms with Gasteiger partial charge in [-0.15, -0.1) is 0 Å². The summed E-state index contributed by atoms with van der Waals surface area (Å²) in [5.41, 5.74) is 3.13. The largest absolute Gasteiger partial charge is 0.370 e. The Labute approximate surface area is 127 Å². The normalized spacial score (nSPS) is 17.2. The number of morpholine rings is 1. The number of carbonyl (C=O) groups excluding carboxylic acids is 1. The van der Waals surface area contributed by atoms with Crippen molar-refractivity contribution in [1.82, 2.24) is 0 Å². The van der Waals surface area contributed by atoms with Gasteiger partial charge in [-0.05, 0) is 31.1 Å². The molecule has 1 aliphatic heterocycles. The first-order chi connectivity index (χ1) is 10.1. The van der Waals surface area contributed by atoms with Gasteiger partial charge in [0, 0.05) is 5.69 Å². The van der Waals surface area contributed by atoms with Crippen LogP contribution >= 0.6 is 0 Å². The number of ether oxygens (including phenoxy) is 1.